The molecule has 0 N–H and O–H groups in total. The van der Waals surface area contributed by atoms with Gasteiger partial charge >= 0.3 is 5.97 Å². The average molecular weight is 313 g/mol. The van der Waals surface area contributed by atoms with Crippen molar-refractivity contribution in [3.63, 3.8) is 0 Å². The Morgan fingerprint density at radius 3 is 2.61 bits per heavy atom. The first-order chi connectivity index (χ1) is 11.3. The molecule has 7 heteroatoms. The fraction of sp³-hybridized carbons (Fsp3) is 0.500. The molecule has 0 aliphatic carbocycles. The first-order valence-corrected chi connectivity index (χ1v) is 8.01. The molecule has 4 heterocycles. The van der Waals surface area contributed by atoms with E-state index in [0.29, 0.717) is 5.92 Å². The highest BCUT2D eigenvalue weighted by Gasteiger charge is 2.38. The summed E-state index contributed by atoms with van der Waals surface area (Å²) >= 11 is 0. The van der Waals surface area contributed by atoms with E-state index in [0.717, 1.165) is 38.0 Å². The van der Waals surface area contributed by atoms with Gasteiger partial charge in [-0.15, -0.1) is 5.10 Å². The van der Waals surface area contributed by atoms with Crippen LogP contribution in [0.5, 0.6) is 0 Å². The molecule has 23 heavy (non-hydrogen) atoms. The van der Waals surface area contributed by atoms with E-state index in [2.05, 4.69) is 20.4 Å². The van der Waals surface area contributed by atoms with Crippen LogP contribution in [0.3, 0.4) is 0 Å². The Bertz CT molecular complexity index is 652. The molecule has 2 aromatic rings. The number of benzene rings is 1. The molecule has 2 bridgehead atoms. The van der Waals surface area contributed by atoms with Crippen LogP contribution in [0, 0.1) is 5.92 Å². The highest BCUT2D eigenvalue weighted by molar-refractivity contribution is 5.78. The maximum atomic E-state index is 12.8. The number of esters is 1. The predicted molar refractivity (Wildman–Crippen MR) is 81.4 cm³/mol. The number of aromatic nitrogens is 4. The number of piperidine rings is 3. The van der Waals surface area contributed by atoms with Crippen molar-refractivity contribution >= 4 is 5.97 Å². The maximum absolute atomic E-state index is 12.8. The number of fused-ring (bicyclic) bond motifs is 3. The Morgan fingerprint density at radius 2 is 2.00 bits per heavy atom. The standard InChI is InChI=1S/C16H19N5O2/c22-16(23-14-10-20-8-6-12(14)7-9-20)15(21-11-17-18-19-21)13-4-2-1-3-5-13/h1-5,11-12,14-15H,6-10H2. The smallest absolute Gasteiger partial charge is 0.336 e. The lowest BCUT2D eigenvalue weighted by molar-refractivity contribution is -0.161. The van der Waals surface area contributed by atoms with Crippen LogP contribution in [0.15, 0.2) is 36.7 Å². The molecule has 0 radical (unpaired) electrons. The van der Waals surface area contributed by atoms with Gasteiger partial charge in [-0.05, 0) is 47.8 Å². The van der Waals surface area contributed by atoms with E-state index in [1.807, 2.05) is 30.3 Å². The summed E-state index contributed by atoms with van der Waals surface area (Å²) < 4.78 is 7.33. The van der Waals surface area contributed by atoms with Gasteiger partial charge in [-0.1, -0.05) is 30.3 Å². The number of carbonyl (C=O) groups excluding carboxylic acids is 1. The van der Waals surface area contributed by atoms with Crippen molar-refractivity contribution < 1.29 is 9.53 Å². The van der Waals surface area contributed by atoms with Crippen LogP contribution >= 0.6 is 0 Å². The van der Waals surface area contributed by atoms with Crippen molar-refractivity contribution in [3.05, 3.63) is 42.2 Å². The fourth-order valence-corrected chi connectivity index (χ4v) is 3.58. The molecule has 3 fully saturated rings. The Morgan fingerprint density at radius 1 is 1.22 bits per heavy atom. The summed E-state index contributed by atoms with van der Waals surface area (Å²) in [4.78, 5) is 15.2. The van der Waals surface area contributed by atoms with E-state index >= 15 is 0 Å². The maximum Gasteiger partial charge on any atom is 0.336 e. The first kappa shape index (κ1) is 14.3. The number of hydrogen-bond donors (Lipinski definition) is 0. The summed E-state index contributed by atoms with van der Waals surface area (Å²) in [5, 5.41) is 11.2. The predicted octanol–water partition coefficient (Wildman–Crippen LogP) is 0.900. The third-order valence-corrected chi connectivity index (χ3v) is 4.83. The SMILES string of the molecule is O=C(OC1CN2CCC1CC2)C(c1ccccc1)n1cnnn1. The topological polar surface area (TPSA) is 73.1 Å². The van der Waals surface area contributed by atoms with Crippen molar-refractivity contribution in [3.8, 4) is 0 Å². The van der Waals surface area contributed by atoms with E-state index in [1.165, 1.54) is 11.0 Å². The van der Waals surface area contributed by atoms with Crippen LogP contribution in [0.25, 0.3) is 0 Å². The van der Waals surface area contributed by atoms with E-state index < -0.39 is 6.04 Å². The lowest BCUT2D eigenvalue weighted by Gasteiger charge is -2.44. The van der Waals surface area contributed by atoms with Gasteiger partial charge in [-0.3, -0.25) is 4.90 Å². The molecule has 2 atom stereocenters. The molecule has 0 spiro atoms. The molecule has 0 amide bonds. The average Bonchev–Trinajstić information content (AvgIpc) is 3.11. The van der Waals surface area contributed by atoms with Crippen LogP contribution in [-0.2, 0) is 9.53 Å². The molecule has 1 aromatic carbocycles. The monoisotopic (exact) mass is 313 g/mol. The molecular formula is C16H19N5O2. The van der Waals surface area contributed by atoms with Crippen LogP contribution < -0.4 is 0 Å². The highest BCUT2D eigenvalue weighted by Crippen LogP contribution is 2.31. The third kappa shape index (κ3) is 2.84. The quantitative estimate of drug-likeness (QED) is 0.781. The minimum atomic E-state index is -0.637. The van der Waals surface area contributed by atoms with Gasteiger partial charge in [0, 0.05) is 6.54 Å². The van der Waals surface area contributed by atoms with Crippen LogP contribution in [0.2, 0.25) is 0 Å². The summed E-state index contributed by atoms with van der Waals surface area (Å²) in [6.07, 6.45) is 3.65. The zero-order valence-electron chi connectivity index (χ0n) is 12.8. The summed E-state index contributed by atoms with van der Waals surface area (Å²) in [7, 11) is 0. The van der Waals surface area contributed by atoms with Gasteiger partial charge in [0.2, 0.25) is 0 Å². The van der Waals surface area contributed by atoms with E-state index in [-0.39, 0.29) is 12.1 Å². The second kappa shape index (κ2) is 6.08. The van der Waals surface area contributed by atoms with Crippen molar-refractivity contribution in [2.24, 2.45) is 5.92 Å². The Labute approximate surface area is 134 Å². The number of hydrogen-bond acceptors (Lipinski definition) is 6. The zero-order chi connectivity index (χ0) is 15.6. The molecule has 3 aliphatic heterocycles. The Kier molecular flexibility index (Phi) is 3.78. The van der Waals surface area contributed by atoms with Crippen LogP contribution in [0.1, 0.15) is 24.4 Å². The van der Waals surface area contributed by atoms with E-state index in [9.17, 15) is 4.79 Å². The number of nitrogens with zero attached hydrogens (tertiary/aromatic N) is 5. The first-order valence-electron chi connectivity index (χ1n) is 8.01. The lowest BCUT2D eigenvalue weighted by atomic mass is 9.86. The third-order valence-electron chi connectivity index (χ3n) is 4.83. The normalized spacial score (nSPS) is 27.6. The largest absolute Gasteiger partial charge is 0.459 e. The number of rotatable bonds is 4. The molecule has 7 nitrogen and oxygen atoms in total. The highest BCUT2D eigenvalue weighted by atomic mass is 16.5. The molecular weight excluding hydrogens is 294 g/mol. The van der Waals surface area contributed by atoms with Gasteiger partial charge in [0.15, 0.2) is 6.04 Å². The Balaban J connectivity index is 1.56. The van der Waals surface area contributed by atoms with Gasteiger partial charge in [0.1, 0.15) is 12.4 Å². The van der Waals surface area contributed by atoms with Crippen LogP contribution in [-0.4, -0.2) is 56.8 Å². The molecule has 120 valence electrons. The molecule has 0 saturated carbocycles. The summed E-state index contributed by atoms with van der Waals surface area (Å²) in [5.41, 5.74) is 0.825. The minimum Gasteiger partial charge on any atom is -0.459 e. The van der Waals surface area contributed by atoms with Crippen molar-refractivity contribution in [2.75, 3.05) is 19.6 Å². The number of tetrazole rings is 1. The van der Waals surface area contributed by atoms with Crippen molar-refractivity contribution in [1.29, 1.82) is 0 Å². The number of carbonyl (C=O) groups is 1. The van der Waals surface area contributed by atoms with Gasteiger partial charge in [0.25, 0.3) is 0 Å². The Hall–Kier alpha value is -2.28. The fourth-order valence-electron chi connectivity index (χ4n) is 3.58. The van der Waals surface area contributed by atoms with E-state index in [1.54, 1.807) is 0 Å². The van der Waals surface area contributed by atoms with Crippen LogP contribution in [0.4, 0.5) is 0 Å². The molecule has 3 aliphatic rings. The number of ether oxygens (including phenoxy) is 1. The van der Waals surface area contributed by atoms with Crippen molar-refractivity contribution in [2.45, 2.75) is 25.0 Å². The van der Waals surface area contributed by atoms with E-state index in [4.69, 9.17) is 4.74 Å². The van der Waals surface area contributed by atoms with Gasteiger partial charge < -0.3 is 4.74 Å². The summed E-state index contributed by atoms with van der Waals surface area (Å²) in [5.74, 6) is 0.191. The van der Waals surface area contributed by atoms with Crippen molar-refractivity contribution in [1.82, 2.24) is 25.1 Å². The van der Waals surface area contributed by atoms with Gasteiger partial charge in [-0.2, -0.15) is 0 Å². The molecule has 5 rings (SSSR count). The minimum absolute atomic E-state index is 0.0207. The lowest BCUT2D eigenvalue weighted by Crippen LogP contribution is -2.52. The second-order valence-electron chi connectivity index (χ2n) is 6.22. The van der Waals surface area contributed by atoms with Gasteiger partial charge in [0.05, 0.1) is 0 Å². The second-order valence-corrected chi connectivity index (χ2v) is 6.22. The van der Waals surface area contributed by atoms with Gasteiger partial charge in [-0.25, -0.2) is 9.48 Å². The summed E-state index contributed by atoms with van der Waals surface area (Å²) in [6, 6.07) is 8.86. The zero-order valence-corrected chi connectivity index (χ0v) is 12.8. The molecule has 3 saturated heterocycles. The molecule has 1 aromatic heterocycles. The summed E-state index contributed by atoms with van der Waals surface area (Å²) in [6.45, 7) is 3.08. The molecule has 2 unspecified atom stereocenters.